The molecule has 0 aliphatic carbocycles. The Balaban J connectivity index is 0. The summed E-state index contributed by atoms with van der Waals surface area (Å²) in [5, 5.41) is 15.0. The Hall–Kier alpha value is -0.320. The average Bonchev–Trinajstić information content (AvgIpc) is 2.17. The fourth-order valence-electron chi connectivity index (χ4n) is 1.14. The molecular weight excluding hydrogens is 216 g/mol. The van der Waals surface area contributed by atoms with Crippen LogP contribution in [0.5, 0.6) is 0 Å². The van der Waals surface area contributed by atoms with E-state index in [2.05, 4.69) is 10.6 Å². The first-order valence-corrected chi connectivity index (χ1v) is 5.22. The Labute approximate surface area is 98.2 Å². The first kappa shape index (κ1) is 17.1. The smallest absolute Gasteiger partial charge is 0.224 e. The van der Waals surface area contributed by atoms with Crippen LogP contribution in [0, 0.1) is 5.92 Å². The van der Waals surface area contributed by atoms with E-state index in [4.69, 9.17) is 0 Å². The molecule has 0 fully saturated rings. The second-order valence-electron chi connectivity index (χ2n) is 3.60. The highest BCUT2D eigenvalue weighted by Crippen LogP contribution is 1.96. The number of carbonyl (C=O) groups is 1. The topological polar surface area (TPSA) is 61.4 Å². The quantitative estimate of drug-likeness (QED) is 0.607. The van der Waals surface area contributed by atoms with Crippen molar-refractivity contribution in [3.8, 4) is 0 Å². The second-order valence-corrected chi connectivity index (χ2v) is 3.60. The second kappa shape index (κ2) is 10.2. The number of hydrogen-bond donors (Lipinski definition) is 3. The number of hydrogen-bond acceptors (Lipinski definition) is 3. The summed E-state index contributed by atoms with van der Waals surface area (Å²) in [5.41, 5.74) is 0. The molecule has 0 aromatic carbocycles. The van der Waals surface area contributed by atoms with Gasteiger partial charge < -0.3 is 15.7 Å². The van der Waals surface area contributed by atoms with Gasteiger partial charge in [0.1, 0.15) is 0 Å². The summed E-state index contributed by atoms with van der Waals surface area (Å²) >= 11 is 0. The van der Waals surface area contributed by atoms with Gasteiger partial charge in [-0.1, -0.05) is 13.8 Å². The molecular formula is C10H23ClN2O2. The largest absolute Gasteiger partial charge is 0.393 e. The molecule has 0 saturated heterocycles. The van der Waals surface area contributed by atoms with Gasteiger partial charge in [0.2, 0.25) is 5.91 Å². The SMILES string of the molecule is CCC(O)CCNC(=O)C(C)CNC.Cl. The van der Waals surface area contributed by atoms with Crippen LogP contribution < -0.4 is 10.6 Å². The summed E-state index contributed by atoms with van der Waals surface area (Å²) in [7, 11) is 1.82. The lowest BCUT2D eigenvalue weighted by Crippen LogP contribution is -2.35. The first-order valence-electron chi connectivity index (χ1n) is 5.22. The lowest BCUT2D eigenvalue weighted by Gasteiger charge is -2.12. The van der Waals surface area contributed by atoms with E-state index in [1.807, 2.05) is 20.9 Å². The molecule has 0 aliphatic heterocycles. The van der Waals surface area contributed by atoms with E-state index in [0.717, 1.165) is 6.42 Å². The van der Waals surface area contributed by atoms with E-state index in [-0.39, 0.29) is 30.3 Å². The zero-order chi connectivity index (χ0) is 11.0. The predicted molar refractivity (Wildman–Crippen MR) is 64.3 cm³/mol. The van der Waals surface area contributed by atoms with E-state index in [0.29, 0.717) is 19.5 Å². The third-order valence-corrected chi connectivity index (χ3v) is 2.21. The molecule has 15 heavy (non-hydrogen) atoms. The van der Waals surface area contributed by atoms with E-state index in [1.165, 1.54) is 0 Å². The molecule has 0 radical (unpaired) electrons. The minimum absolute atomic E-state index is 0. The monoisotopic (exact) mass is 238 g/mol. The number of nitrogens with one attached hydrogen (secondary N) is 2. The molecule has 0 spiro atoms. The van der Waals surface area contributed by atoms with Crippen molar-refractivity contribution in [1.29, 1.82) is 0 Å². The van der Waals surface area contributed by atoms with Gasteiger partial charge in [0, 0.05) is 19.0 Å². The molecule has 2 atom stereocenters. The van der Waals surface area contributed by atoms with Crippen LogP contribution in [-0.4, -0.2) is 37.3 Å². The number of halogens is 1. The van der Waals surface area contributed by atoms with Crippen LogP contribution in [0.2, 0.25) is 0 Å². The van der Waals surface area contributed by atoms with Crippen molar-refractivity contribution in [1.82, 2.24) is 10.6 Å². The van der Waals surface area contributed by atoms with Gasteiger partial charge in [0.05, 0.1) is 6.10 Å². The van der Waals surface area contributed by atoms with Crippen molar-refractivity contribution in [2.45, 2.75) is 32.8 Å². The van der Waals surface area contributed by atoms with Crippen molar-refractivity contribution in [3.63, 3.8) is 0 Å². The molecule has 0 aliphatic rings. The van der Waals surface area contributed by atoms with Gasteiger partial charge in [-0.05, 0) is 19.9 Å². The fraction of sp³-hybridized carbons (Fsp3) is 0.900. The number of aliphatic hydroxyl groups excluding tert-OH is 1. The minimum Gasteiger partial charge on any atom is -0.393 e. The van der Waals surface area contributed by atoms with Crippen molar-refractivity contribution in [2.24, 2.45) is 5.92 Å². The molecule has 3 N–H and O–H groups in total. The molecule has 2 unspecified atom stereocenters. The summed E-state index contributed by atoms with van der Waals surface area (Å²) in [6.45, 7) is 5.04. The maximum atomic E-state index is 11.4. The summed E-state index contributed by atoms with van der Waals surface area (Å²) in [6.07, 6.45) is 1.08. The molecule has 0 aromatic rings. The Morgan fingerprint density at radius 3 is 2.53 bits per heavy atom. The van der Waals surface area contributed by atoms with Gasteiger partial charge in [-0.15, -0.1) is 12.4 Å². The minimum atomic E-state index is -0.296. The normalized spacial score (nSPS) is 13.9. The van der Waals surface area contributed by atoms with Crippen LogP contribution >= 0.6 is 12.4 Å². The van der Waals surface area contributed by atoms with Crippen LogP contribution in [0.1, 0.15) is 26.7 Å². The molecule has 0 bridgehead atoms. The van der Waals surface area contributed by atoms with Crippen molar-refractivity contribution < 1.29 is 9.90 Å². The number of amides is 1. The summed E-state index contributed by atoms with van der Waals surface area (Å²) in [4.78, 5) is 11.4. The van der Waals surface area contributed by atoms with Gasteiger partial charge in [-0.2, -0.15) is 0 Å². The van der Waals surface area contributed by atoms with Crippen molar-refractivity contribution in [3.05, 3.63) is 0 Å². The third-order valence-electron chi connectivity index (χ3n) is 2.21. The van der Waals surface area contributed by atoms with Crippen LogP contribution in [0.15, 0.2) is 0 Å². The van der Waals surface area contributed by atoms with Crippen LogP contribution in [0.4, 0.5) is 0 Å². The summed E-state index contributed by atoms with van der Waals surface area (Å²) < 4.78 is 0. The molecule has 0 heterocycles. The lowest BCUT2D eigenvalue weighted by atomic mass is 10.1. The van der Waals surface area contributed by atoms with Gasteiger partial charge in [0.25, 0.3) is 0 Å². The van der Waals surface area contributed by atoms with Crippen LogP contribution in [0.25, 0.3) is 0 Å². The zero-order valence-electron chi connectivity index (χ0n) is 9.75. The zero-order valence-corrected chi connectivity index (χ0v) is 10.6. The summed E-state index contributed by atoms with van der Waals surface area (Å²) in [5.74, 6) is 0.0291. The number of carbonyl (C=O) groups excluding carboxylic acids is 1. The lowest BCUT2D eigenvalue weighted by molar-refractivity contribution is -0.124. The molecule has 1 amide bonds. The Morgan fingerprint density at radius 1 is 1.47 bits per heavy atom. The van der Waals surface area contributed by atoms with E-state index < -0.39 is 0 Å². The Morgan fingerprint density at radius 2 is 2.07 bits per heavy atom. The fourth-order valence-corrected chi connectivity index (χ4v) is 1.14. The van der Waals surface area contributed by atoms with E-state index in [1.54, 1.807) is 0 Å². The van der Waals surface area contributed by atoms with Crippen LogP contribution in [-0.2, 0) is 4.79 Å². The molecule has 5 heteroatoms. The van der Waals surface area contributed by atoms with Crippen LogP contribution in [0.3, 0.4) is 0 Å². The summed E-state index contributed by atoms with van der Waals surface area (Å²) in [6, 6.07) is 0. The highest BCUT2D eigenvalue weighted by Gasteiger charge is 2.11. The van der Waals surface area contributed by atoms with E-state index >= 15 is 0 Å². The number of rotatable bonds is 7. The van der Waals surface area contributed by atoms with Crippen molar-refractivity contribution >= 4 is 18.3 Å². The maximum absolute atomic E-state index is 11.4. The van der Waals surface area contributed by atoms with Gasteiger partial charge in [0.15, 0.2) is 0 Å². The highest BCUT2D eigenvalue weighted by atomic mass is 35.5. The highest BCUT2D eigenvalue weighted by molar-refractivity contribution is 5.85. The average molecular weight is 239 g/mol. The predicted octanol–water partition coefficient (Wildman–Crippen LogP) is 0.541. The van der Waals surface area contributed by atoms with E-state index in [9.17, 15) is 9.90 Å². The third kappa shape index (κ3) is 8.66. The molecule has 0 aromatic heterocycles. The molecule has 0 rings (SSSR count). The molecule has 92 valence electrons. The van der Waals surface area contributed by atoms with Gasteiger partial charge in [-0.3, -0.25) is 4.79 Å². The van der Waals surface area contributed by atoms with Gasteiger partial charge >= 0.3 is 0 Å². The Bertz CT molecular complexity index is 168. The molecule has 4 nitrogen and oxygen atoms in total. The standard InChI is InChI=1S/C10H22N2O2.ClH/c1-4-9(13)5-6-12-10(14)8(2)7-11-3;/h8-9,11,13H,4-7H2,1-3H3,(H,12,14);1H. The molecule has 0 saturated carbocycles. The van der Waals surface area contributed by atoms with Crippen molar-refractivity contribution in [2.75, 3.05) is 20.1 Å². The Kier molecular flexibility index (Phi) is 11.6. The first-order chi connectivity index (χ1) is 6.61. The number of aliphatic hydroxyl groups is 1. The maximum Gasteiger partial charge on any atom is 0.224 e. The van der Waals surface area contributed by atoms with Gasteiger partial charge in [-0.25, -0.2) is 0 Å².